The van der Waals surface area contributed by atoms with Crippen molar-refractivity contribution < 1.29 is 14.2 Å². The fraction of sp³-hybridized carbons (Fsp3) is 0.250. The van der Waals surface area contributed by atoms with Gasteiger partial charge in [-0.2, -0.15) is 0 Å². The molecule has 0 atom stereocenters. The van der Waals surface area contributed by atoms with Crippen LogP contribution in [0.5, 0.6) is 0 Å². The van der Waals surface area contributed by atoms with E-state index >= 15 is 0 Å². The lowest BCUT2D eigenvalue weighted by Crippen LogP contribution is -1.94. The summed E-state index contributed by atoms with van der Waals surface area (Å²) in [7, 11) is 0. The maximum atomic E-state index is 13.5. The van der Waals surface area contributed by atoms with Crippen molar-refractivity contribution in [2.24, 2.45) is 0 Å². The largest absolute Gasteiger partial charge is 0.395 e. The number of aliphatic hydroxyl groups is 1. The van der Waals surface area contributed by atoms with Crippen LogP contribution in [0.4, 0.5) is 4.39 Å². The van der Waals surface area contributed by atoms with Gasteiger partial charge in [0.25, 0.3) is 0 Å². The van der Waals surface area contributed by atoms with Crippen LogP contribution in [-0.2, 0) is 18.0 Å². The van der Waals surface area contributed by atoms with E-state index in [2.05, 4.69) is 11.8 Å². The van der Waals surface area contributed by atoms with E-state index in [1.54, 1.807) is 11.3 Å². The maximum absolute atomic E-state index is 13.5. The fourth-order valence-corrected chi connectivity index (χ4v) is 2.33. The zero-order valence-electron chi connectivity index (χ0n) is 10.9. The van der Waals surface area contributed by atoms with Crippen LogP contribution in [0.15, 0.2) is 35.7 Å². The average Bonchev–Trinajstić information content (AvgIpc) is 2.92. The van der Waals surface area contributed by atoms with E-state index < -0.39 is 0 Å². The molecule has 0 aliphatic heterocycles. The van der Waals surface area contributed by atoms with Gasteiger partial charge in [-0.15, -0.1) is 11.3 Å². The Morgan fingerprint density at radius 2 is 2.15 bits per heavy atom. The summed E-state index contributed by atoms with van der Waals surface area (Å²) in [5.41, 5.74) is 1.36. The fourth-order valence-electron chi connectivity index (χ4n) is 1.69. The van der Waals surface area contributed by atoms with Gasteiger partial charge in [-0.3, -0.25) is 0 Å². The summed E-state index contributed by atoms with van der Waals surface area (Å²) >= 11 is 1.63. The number of thiophene rings is 1. The molecule has 0 spiro atoms. The van der Waals surface area contributed by atoms with Crippen LogP contribution in [-0.4, -0.2) is 11.7 Å². The lowest BCUT2D eigenvalue weighted by molar-refractivity contribution is 0.109. The molecule has 2 nitrogen and oxygen atoms in total. The molecule has 2 aromatic rings. The predicted molar refractivity (Wildman–Crippen MR) is 77.8 cm³/mol. The molecule has 104 valence electrons. The number of hydrogen-bond acceptors (Lipinski definition) is 3. The second kappa shape index (κ2) is 7.81. The Morgan fingerprint density at radius 1 is 1.25 bits per heavy atom. The minimum Gasteiger partial charge on any atom is -0.395 e. The van der Waals surface area contributed by atoms with Gasteiger partial charge in [0.15, 0.2) is 0 Å². The van der Waals surface area contributed by atoms with Crippen molar-refractivity contribution in [1.82, 2.24) is 0 Å². The summed E-state index contributed by atoms with van der Waals surface area (Å²) in [5.74, 6) is 5.28. The summed E-state index contributed by atoms with van der Waals surface area (Å²) in [6, 6.07) is 8.61. The highest BCUT2D eigenvalue weighted by Gasteiger charge is 2.01. The summed E-state index contributed by atoms with van der Waals surface area (Å²) in [4.78, 5) is 1.14. The van der Waals surface area contributed by atoms with Gasteiger partial charge in [-0.1, -0.05) is 17.9 Å². The number of rotatable bonds is 5. The summed E-state index contributed by atoms with van der Waals surface area (Å²) < 4.78 is 19.0. The van der Waals surface area contributed by atoms with E-state index in [0.29, 0.717) is 25.2 Å². The highest BCUT2D eigenvalue weighted by Crippen LogP contribution is 2.13. The van der Waals surface area contributed by atoms with E-state index in [-0.39, 0.29) is 12.4 Å². The lowest BCUT2D eigenvalue weighted by Gasteiger charge is -2.04. The highest BCUT2D eigenvalue weighted by atomic mass is 32.1. The second-order valence-electron chi connectivity index (χ2n) is 4.20. The van der Waals surface area contributed by atoms with E-state index in [9.17, 15) is 4.39 Å². The molecule has 1 heterocycles. The zero-order valence-corrected chi connectivity index (χ0v) is 11.8. The van der Waals surface area contributed by atoms with Crippen molar-refractivity contribution in [2.45, 2.75) is 19.6 Å². The molecule has 0 fully saturated rings. The van der Waals surface area contributed by atoms with Crippen molar-refractivity contribution >= 4 is 11.3 Å². The Hall–Kier alpha value is -1.67. The van der Waals surface area contributed by atoms with Crippen LogP contribution in [0.2, 0.25) is 0 Å². The van der Waals surface area contributed by atoms with Gasteiger partial charge in [-0.25, -0.2) is 4.39 Å². The molecular weight excluding hydrogens is 275 g/mol. The third-order valence-corrected chi connectivity index (χ3v) is 3.37. The molecule has 2 rings (SSSR count). The van der Waals surface area contributed by atoms with Gasteiger partial charge in [0.1, 0.15) is 5.82 Å². The number of benzene rings is 1. The number of aliphatic hydroxyl groups excluding tert-OH is 1. The van der Waals surface area contributed by atoms with Crippen molar-refractivity contribution in [2.75, 3.05) is 6.61 Å². The normalized spacial score (nSPS) is 10.1. The van der Waals surface area contributed by atoms with Crippen molar-refractivity contribution in [3.05, 3.63) is 57.5 Å². The molecule has 4 heteroatoms. The average molecular weight is 290 g/mol. The SMILES string of the molecule is OCCC#Cc1cc(F)cc(COCc2cccs2)c1. The minimum absolute atomic E-state index is 0.0130. The van der Waals surface area contributed by atoms with E-state index in [4.69, 9.17) is 9.84 Å². The van der Waals surface area contributed by atoms with E-state index in [1.807, 2.05) is 23.6 Å². The van der Waals surface area contributed by atoms with Gasteiger partial charge in [0, 0.05) is 16.9 Å². The lowest BCUT2D eigenvalue weighted by atomic mass is 10.1. The first kappa shape index (κ1) is 14.7. The molecule has 0 saturated heterocycles. The Labute approximate surface area is 121 Å². The Morgan fingerprint density at radius 3 is 2.90 bits per heavy atom. The molecule has 0 aliphatic carbocycles. The highest BCUT2D eigenvalue weighted by molar-refractivity contribution is 7.09. The first-order valence-electron chi connectivity index (χ1n) is 6.27. The Bertz CT molecular complexity index is 597. The molecule has 0 amide bonds. The van der Waals surface area contributed by atoms with E-state index in [0.717, 1.165) is 10.4 Å². The maximum Gasteiger partial charge on any atom is 0.124 e. The molecule has 0 unspecified atom stereocenters. The van der Waals surface area contributed by atoms with Crippen LogP contribution in [0.25, 0.3) is 0 Å². The van der Waals surface area contributed by atoms with Crippen molar-refractivity contribution in [1.29, 1.82) is 0 Å². The zero-order chi connectivity index (χ0) is 14.2. The smallest absolute Gasteiger partial charge is 0.124 e. The van der Waals surface area contributed by atoms with Gasteiger partial charge in [0.05, 0.1) is 19.8 Å². The molecule has 1 aromatic carbocycles. The number of halogens is 1. The molecule has 20 heavy (non-hydrogen) atoms. The van der Waals surface area contributed by atoms with Gasteiger partial charge in [0.2, 0.25) is 0 Å². The first-order valence-corrected chi connectivity index (χ1v) is 7.15. The topological polar surface area (TPSA) is 29.5 Å². The molecule has 0 aliphatic rings. The van der Waals surface area contributed by atoms with Crippen LogP contribution >= 0.6 is 11.3 Å². The van der Waals surface area contributed by atoms with Crippen LogP contribution in [0.3, 0.4) is 0 Å². The Balaban J connectivity index is 1.95. The third-order valence-electron chi connectivity index (χ3n) is 2.52. The monoisotopic (exact) mass is 290 g/mol. The van der Waals surface area contributed by atoms with E-state index in [1.165, 1.54) is 12.1 Å². The summed E-state index contributed by atoms with van der Waals surface area (Å²) in [5, 5.41) is 10.7. The molecule has 1 aromatic heterocycles. The van der Waals surface area contributed by atoms with Crippen molar-refractivity contribution in [3.8, 4) is 11.8 Å². The number of hydrogen-bond donors (Lipinski definition) is 1. The van der Waals surface area contributed by atoms with Gasteiger partial charge in [-0.05, 0) is 35.2 Å². The number of ether oxygens (including phenoxy) is 1. The molecule has 0 radical (unpaired) electrons. The quantitative estimate of drug-likeness (QED) is 0.856. The Kier molecular flexibility index (Phi) is 5.75. The first-order chi connectivity index (χ1) is 9.78. The molecule has 0 bridgehead atoms. The van der Waals surface area contributed by atoms with Crippen LogP contribution in [0, 0.1) is 17.7 Å². The molecule has 0 saturated carbocycles. The third kappa shape index (κ3) is 4.78. The molecular formula is C16H15FO2S. The summed E-state index contributed by atoms with van der Waals surface area (Å²) in [6.07, 6.45) is 0.390. The van der Waals surface area contributed by atoms with Crippen molar-refractivity contribution in [3.63, 3.8) is 0 Å². The van der Waals surface area contributed by atoms with Gasteiger partial charge < -0.3 is 9.84 Å². The van der Waals surface area contributed by atoms with Crippen LogP contribution in [0.1, 0.15) is 22.4 Å². The van der Waals surface area contributed by atoms with Gasteiger partial charge >= 0.3 is 0 Å². The van der Waals surface area contributed by atoms with Crippen LogP contribution < -0.4 is 0 Å². The standard InChI is InChI=1S/C16H15FO2S/c17-15-9-13(4-1-2-6-18)8-14(10-15)11-19-12-16-5-3-7-20-16/h3,5,7-10,18H,2,6,11-12H2. The molecule has 1 N–H and O–H groups in total. The minimum atomic E-state index is -0.324. The predicted octanol–water partition coefficient (Wildman–Crippen LogP) is 3.34. The summed E-state index contributed by atoms with van der Waals surface area (Å²) in [6.45, 7) is 0.892. The second-order valence-corrected chi connectivity index (χ2v) is 5.23.